The maximum Gasteiger partial charge on any atom is 0.252 e. The van der Waals surface area contributed by atoms with Crippen LogP contribution in [-0.4, -0.2) is 37.0 Å². The molecule has 2 N–H and O–H groups in total. The molecule has 3 rings (SSSR count). The average Bonchev–Trinajstić information content (AvgIpc) is 2.75. The molecule has 0 aliphatic rings. The van der Waals surface area contributed by atoms with Crippen LogP contribution in [0.3, 0.4) is 0 Å². The molecule has 6 nitrogen and oxygen atoms in total. The van der Waals surface area contributed by atoms with Gasteiger partial charge in [-0.2, -0.15) is 0 Å². The summed E-state index contributed by atoms with van der Waals surface area (Å²) in [5, 5.41) is 6.46. The number of pyridine rings is 1. The normalized spacial score (nSPS) is 10.8. The van der Waals surface area contributed by atoms with Gasteiger partial charge in [-0.1, -0.05) is 32.0 Å². The Morgan fingerprint density at radius 3 is 2.38 bits per heavy atom. The van der Waals surface area contributed by atoms with Gasteiger partial charge in [0.15, 0.2) is 0 Å². The number of amides is 2. The third-order valence-corrected chi connectivity index (χ3v) is 4.58. The smallest absolute Gasteiger partial charge is 0.252 e. The highest BCUT2D eigenvalue weighted by molar-refractivity contribution is 6.07. The number of carbonyl (C=O) groups excluding carboxylic acids is 2. The van der Waals surface area contributed by atoms with Gasteiger partial charge < -0.3 is 15.4 Å². The molecule has 0 unspecified atom stereocenters. The zero-order valence-electron chi connectivity index (χ0n) is 16.9. The molecular formula is C23H25N3O3. The van der Waals surface area contributed by atoms with Gasteiger partial charge in [0.2, 0.25) is 5.91 Å². The quantitative estimate of drug-likeness (QED) is 0.605. The molecule has 29 heavy (non-hydrogen) atoms. The molecule has 0 spiro atoms. The van der Waals surface area contributed by atoms with Crippen molar-refractivity contribution in [3.8, 4) is 17.0 Å². The zero-order chi connectivity index (χ0) is 20.8. The van der Waals surface area contributed by atoms with E-state index in [2.05, 4.69) is 10.6 Å². The van der Waals surface area contributed by atoms with Crippen LogP contribution in [0.4, 0.5) is 0 Å². The summed E-state index contributed by atoms with van der Waals surface area (Å²) in [7, 11) is 1.62. The lowest BCUT2D eigenvalue weighted by atomic mass is 10.0. The first-order valence-corrected chi connectivity index (χ1v) is 9.59. The fourth-order valence-corrected chi connectivity index (χ4v) is 2.93. The van der Waals surface area contributed by atoms with Crippen molar-refractivity contribution in [3.63, 3.8) is 0 Å². The van der Waals surface area contributed by atoms with Gasteiger partial charge in [-0.05, 0) is 36.4 Å². The van der Waals surface area contributed by atoms with Crippen molar-refractivity contribution in [1.29, 1.82) is 0 Å². The Morgan fingerprint density at radius 2 is 1.69 bits per heavy atom. The summed E-state index contributed by atoms with van der Waals surface area (Å²) in [6.45, 7) is 4.40. The molecule has 2 amide bonds. The van der Waals surface area contributed by atoms with Gasteiger partial charge in [-0.25, -0.2) is 4.98 Å². The average molecular weight is 391 g/mol. The number of nitrogens with zero attached hydrogens (tertiary/aromatic N) is 1. The van der Waals surface area contributed by atoms with Gasteiger partial charge in [0.05, 0.1) is 23.9 Å². The number of hydrogen-bond acceptors (Lipinski definition) is 4. The fourth-order valence-electron chi connectivity index (χ4n) is 2.93. The van der Waals surface area contributed by atoms with E-state index in [0.717, 1.165) is 22.2 Å². The lowest BCUT2D eigenvalue weighted by Gasteiger charge is -2.12. The molecule has 0 aliphatic carbocycles. The molecule has 0 saturated carbocycles. The molecule has 3 aromatic rings. The SMILES string of the molecule is COc1ccc(-c2cc(C(=O)NCCNC(=O)C(C)C)c3ccccc3n2)cc1. The Bertz CT molecular complexity index is 1010. The van der Waals surface area contributed by atoms with E-state index in [1.54, 1.807) is 13.2 Å². The molecule has 1 heterocycles. The summed E-state index contributed by atoms with van der Waals surface area (Å²) in [6.07, 6.45) is 0. The summed E-state index contributed by atoms with van der Waals surface area (Å²) in [6, 6.07) is 16.9. The van der Waals surface area contributed by atoms with Crippen molar-refractivity contribution < 1.29 is 14.3 Å². The van der Waals surface area contributed by atoms with Crippen LogP contribution in [0.25, 0.3) is 22.2 Å². The van der Waals surface area contributed by atoms with Crippen molar-refractivity contribution in [2.45, 2.75) is 13.8 Å². The third kappa shape index (κ3) is 4.90. The van der Waals surface area contributed by atoms with E-state index in [4.69, 9.17) is 9.72 Å². The molecule has 0 radical (unpaired) electrons. The van der Waals surface area contributed by atoms with E-state index in [1.165, 1.54) is 0 Å². The van der Waals surface area contributed by atoms with Crippen LogP contribution in [-0.2, 0) is 4.79 Å². The third-order valence-electron chi connectivity index (χ3n) is 4.58. The van der Waals surface area contributed by atoms with E-state index in [1.807, 2.05) is 62.4 Å². The summed E-state index contributed by atoms with van der Waals surface area (Å²) >= 11 is 0. The van der Waals surface area contributed by atoms with Crippen LogP contribution in [0.1, 0.15) is 24.2 Å². The van der Waals surface area contributed by atoms with E-state index >= 15 is 0 Å². The fraction of sp³-hybridized carbons (Fsp3) is 0.261. The van der Waals surface area contributed by atoms with Crippen LogP contribution >= 0.6 is 0 Å². The van der Waals surface area contributed by atoms with Crippen LogP contribution in [0.15, 0.2) is 54.6 Å². The molecule has 2 aromatic carbocycles. The molecule has 1 aromatic heterocycles. The second-order valence-corrected chi connectivity index (χ2v) is 7.00. The van der Waals surface area contributed by atoms with Crippen molar-refractivity contribution in [2.24, 2.45) is 5.92 Å². The lowest BCUT2D eigenvalue weighted by Crippen LogP contribution is -2.36. The number of hydrogen-bond donors (Lipinski definition) is 2. The van der Waals surface area contributed by atoms with Crippen molar-refractivity contribution in [1.82, 2.24) is 15.6 Å². The number of fused-ring (bicyclic) bond motifs is 1. The molecule has 0 saturated heterocycles. The number of aromatic nitrogens is 1. The number of benzene rings is 2. The van der Waals surface area contributed by atoms with Crippen LogP contribution in [0.5, 0.6) is 5.75 Å². The molecule has 0 aliphatic heterocycles. The number of nitrogens with one attached hydrogen (secondary N) is 2. The second kappa shape index (κ2) is 9.19. The van der Waals surface area contributed by atoms with Crippen molar-refractivity contribution in [2.75, 3.05) is 20.2 Å². The largest absolute Gasteiger partial charge is 0.497 e. The minimum atomic E-state index is -0.197. The molecule has 0 fully saturated rings. The minimum absolute atomic E-state index is 0.0320. The molecule has 0 bridgehead atoms. The van der Waals surface area contributed by atoms with Crippen LogP contribution < -0.4 is 15.4 Å². The Hall–Kier alpha value is -3.41. The van der Waals surface area contributed by atoms with E-state index in [-0.39, 0.29) is 17.7 Å². The number of ether oxygens (including phenoxy) is 1. The molecule has 6 heteroatoms. The maximum absolute atomic E-state index is 12.8. The highest BCUT2D eigenvalue weighted by atomic mass is 16.5. The Kier molecular flexibility index (Phi) is 6.44. The summed E-state index contributed by atoms with van der Waals surface area (Å²) in [4.78, 5) is 29.2. The Morgan fingerprint density at radius 1 is 1.00 bits per heavy atom. The zero-order valence-corrected chi connectivity index (χ0v) is 16.9. The number of carbonyl (C=O) groups is 2. The highest BCUT2D eigenvalue weighted by Crippen LogP contribution is 2.26. The van der Waals surface area contributed by atoms with Gasteiger partial charge in [0.25, 0.3) is 5.91 Å². The standard InChI is InChI=1S/C23H25N3O3/c1-15(2)22(27)24-12-13-25-23(28)19-14-21(16-8-10-17(29-3)11-9-16)26-20-7-5-4-6-18(19)20/h4-11,14-15H,12-13H2,1-3H3,(H,24,27)(H,25,28). The first kappa shape index (κ1) is 20.3. The Labute approximate surface area is 170 Å². The summed E-state index contributed by atoms with van der Waals surface area (Å²) in [5.41, 5.74) is 2.91. The topological polar surface area (TPSA) is 80.3 Å². The molecule has 0 atom stereocenters. The van der Waals surface area contributed by atoms with E-state index < -0.39 is 0 Å². The second-order valence-electron chi connectivity index (χ2n) is 7.00. The minimum Gasteiger partial charge on any atom is -0.497 e. The van der Waals surface area contributed by atoms with Gasteiger partial charge in [-0.3, -0.25) is 9.59 Å². The van der Waals surface area contributed by atoms with Gasteiger partial charge >= 0.3 is 0 Å². The maximum atomic E-state index is 12.8. The highest BCUT2D eigenvalue weighted by Gasteiger charge is 2.14. The first-order chi connectivity index (χ1) is 14.0. The lowest BCUT2D eigenvalue weighted by molar-refractivity contribution is -0.123. The summed E-state index contributed by atoms with van der Waals surface area (Å²) in [5.74, 6) is 0.449. The molecule has 150 valence electrons. The van der Waals surface area contributed by atoms with Crippen LogP contribution in [0, 0.1) is 5.92 Å². The molecular weight excluding hydrogens is 366 g/mol. The van der Waals surface area contributed by atoms with Crippen molar-refractivity contribution in [3.05, 3.63) is 60.2 Å². The first-order valence-electron chi connectivity index (χ1n) is 9.59. The van der Waals surface area contributed by atoms with Gasteiger partial charge in [-0.15, -0.1) is 0 Å². The predicted molar refractivity (Wildman–Crippen MR) is 114 cm³/mol. The predicted octanol–water partition coefficient (Wildman–Crippen LogP) is 3.41. The number of rotatable bonds is 7. The van der Waals surface area contributed by atoms with Gasteiger partial charge in [0, 0.05) is 30.0 Å². The number of methoxy groups -OCH3 is 1. The monoisotopic (exact) mass is 391 g/mol. The summed E-state index contributed by atoms with van der Waals surface area (Å²) < 4.78 is 5.21. The number of para-hydroxylation sites is 1. The van der Waals surface area contributed by atoms with Crippen molar-refractivity contribution >= 4 is 22.7 Å². The Balaban J connectivity index is 1.83. The van der Waals surface area contributed by atoms with E-state index in [0.29, 0.717) is 24.3 Å². The van der Waals surface area contributed by atoms with Crippen LogP contribution in [0.2, 0.25) is 0 Å². The van der Waals surface area contributed by atoms with Gasteiger partial charge in [0.1, 0.15) is 5.75 Å². The van der Waals surface area contributed by atoms with E-state index in [9.17, 15) is 9.59 Å².